The first-order chi connectivity index (χ1) is 8.45. The van der Waals surface area contributed by atoms with Gasteiger partial charge in [0.2, 0.25) is 0 Å². The number of benzene rings is 1. The van der Waals surface area contributed by atoms with Crippen LogP contribution in [0.1, 0.15) is 25.0 Å². The van der Waals surface area contributed by atoms with Crippen molar-refractivity contribution in [1.29, 1.82) is 0 Å². The highest BCUT2D eigenvalue weighted by atomic mass is 35.5. The minimum Gasteiger partial charge on any atom is -0.466 e. The number of hydrogen-bond acceptors (Lipinski definition) is 4. The van der Waals surface area contributed by atoms with Gasteiger partial charge in [0.1, 0.15) is 11.9 Å². The van der Waals surface area contributed by atoms with Gasteiger partial charge in [-0.05, 0) is 24.6 Å². The van der Waals surface area contributed by atoms with Crippen molar-refractivity contribution in [3.8, 4) is 0 Å². The van der Waals surface area contributed by atoms with Gasteiger partial charge in [0.25, 0.3) is 0 Å². The second-order valence-electron chi connectivity index (χ2n) is 3.69. The van der Waals surface area contributed by atoms with Gasteiger partial charge in [-0.15, -0.1) is 0 Å². The van der Waals surface area contributed by atoms with Gasteiger partial charge in [-0.3, -0.25) is 4.79 Å². The highest BCUT2D eigenvalue weighted by Crippen LogP contribution is 2.23. The number of esters is 1. The Morgan fingerprint density at radius 3 is 2.72 bits per heavy atom. The molecule has 0 aliphatic rings. The molecule has 100 valence electrons. The molecule has 0 aromatic heterocycles. The summed E-state index contributed by atoms with van der Waals surface area (Å²) in [5.41, 5.74) is 0.147. The van der Waals surface area contributed by atoms with E-state index in [-0.39, 0.29) is 23.6 Å². The largest absolute Gasteiger partial charge is 0.466 e. The van der Waals surface area contributed by atoms with E-state index in [9.17, 15) is 19.4 Å². The molecule has 4 nitrogen and oxygen atoms in total. The van der Waals surface area contributed by atoms with Crippen LogP contribution < -0.4 is 0 Å². The topological polar surface area (TPSA) is 66.8 Å². The number of aliphatic hydroxyl groups excluding tert-OH is 2. The number of ether oxygens (including phenoxy) is 1. The van der Waals surface area contributed by atoms with Crippen LogP contribution in [0, 0.1) is 5.82 Å². The first-order valence-electron chi connectivity index (χ1n) is 5.42. The highest BCUT2D eigenvalue weighted by molar-refractivity contribution is 6.30. The highest BCUT2D eigenvalue weighted by Gasteiger charge is 2.22. The predicted octanol–water partition coefficient (Wildman–Crippen LogP) is 1.83. The zero-order valence-corrected chi connectivity index (χ0v) is 10.5. The maximum atomic E-state index is 13.2. The smallest absolute Gasteiger partial charge is 0.308 e. The van der Waals surface area contributed by atoms with E-state index in [0.29, 0.717) is 0 Å². The van der Waals surface area contributed by atoms with Crippen LogP contribution in [0.2, 0.25) is 5.02 Å². The molecule has 18 heavy (non-hydrogen) atoms. The second-order valence-corrected chi connectivity index (χ2v) is 4.10. The quantitative estimate of drug-likeness (QED) is 0.805. The Labute approximate surface area is 109 Å². The summed E-state index contributed by atoms with van der Waals surface area (Å²) >= 11 is 5.50. The monoisotopic (exact) mass is 276 g/mol. The third-order valence-corrected chi connectivity index (χ3v) is 2.64. The Bertz CT molecular complexity index is 425. The molecule has 2 N–H and O–H groups in total. The zero-order valence-electron chi connectivity index (χ0n) is 9.77. The van der Waals surface area contributed by atoms with Crippen LogP contribution in [-0.2, 0) is 9.53 Å². The van der Waals surface area contributed by atoms with Gasteiger partial charge in [-0.1, -0.05) is 17.7 Å². The molecule has 1 aromatic carbocycles. The Kier molecular flexibility index (Phi) is 5.53. The molecule has 6 heteroatoms. The van der Waals surface area contributed by atoms with E-state index >= 15 is 0 Å². The molecule has 1 rings (SSSR count). The van der Waals surface area contributed by atoms with Gasteiger partial charge in [0.05, 0.1) is 24.2 Å². The molecule has 0 radical (unpaired) electrons. The van der Waals surface area contributed by atoms with Gasteiger partial charge in [0, 0.05) is 0 Å². The fraction of sp³-hybridized carbons (Fsp3) is 0.417. The molecule has 0 aliphatic carbocycles. The Morgan fingerprint density at radius 1 is 1.50 bits per heavy atom. The van der Waals surface area contributed by atoms with Crippen LogP contribution in [0.3, 0.4) is 0 Å². The Morgan fingerprint density at radius 2 is 2.17 bits per heavy atom. The molecule has 2 unspecified atom stereocenters. The van der Waals surface area contributed by atoms with E-state index in [1.54, 1.807) is 6.92 Å². The van der Waals surface area contributed by atoms with Crippen molar-refractivity contribution in [2.24, 2.45) is 0 Å². The van der Waals surface area contributed by atoms with Crippen molar-refractivity contribution in [3.05, 3.63) is 34.6 Å². The van der Waals surface area contributed by atoms with E-state index in [1.165, 1.54) is 12.1 Å². The number of halogens is 2. The average molecular weight is 277 g/mol. The third kappa shape index (κ3) is 3.94. The summed E-state index contributed by atoms with van der Waals surface area (Å²) in [5, 5.41) is 19.3. The maximum Gasteiger partial charge on any atom is 0.308 e. The van der Waals surface area contributed by atoms with Gasteiger partial charge in [-0.2, -0.15) is 0 Å². The van der Waals surface area contributed by atoms with Gasteiger partial charge < -0.3 is 14.9 Å². The second kappa shape index (κ2) is 6.68. The van der Waals surface area contributed by atoms with Gasteiger partial charge in [-0.25, -0.2) is 4.39 Å². The third-order valence-electron chi connectivity index (χ3n) is 2.33. The van der Waals surface area contributed by atoms with Crippen molar-refractivity contribution in [3.63, 3.8) is 0 Å². The summed E-state index contributed by atoms with van der Waals surface area (Å²) in [4.78, 5) is 11.1. The number of aliphatic hydroxyl groups is 2. The molecular formula is C12H14ClFO4. The molecule has 0 spiro atoms. The van der Waals surface area contributed by atoms with E-state index in [1.807, 2.05) is 0 Å². The Balaban J connectivity index is 2.70. The minimum absolute atomic E-state index is 0.0779. The fourth-order valence-electron chi connectivity index (χ4n) is 1.42. The van der Waals surface area contributed by atoms with Crippen LogP contribution >= 0.6 is 11.6 Å². The molecule has 0 fully saturated rings. The molecule has 0 aliphatic heterocycles. The predicted molar refractivity (Wildman–Crippen MR) is 63.6 cm³/mol. The van der Waals surface area contributed by atoms with Gasteiger partial charge in [0.15, 0.2) is 0 Å². The number of carbonyl (C=O) groups is 1. The fourth-order valence-corrected chi connectivity index (χ4v) is 1.54. The normalized spacial score (nSPS) is 14.1. The van der Waals surface area contributed by atoms with Crippen molar-refractivity contribution in [1.82, 2.24) is 0 Å². The molecule has 0 saturated heterocycles. The molecule has 0 saturated carbocycles. The van der Waals surface area contributed by atoms with E-state index in [4.69, 9.17) is 11.6 Å². The minimum atomic E-state index is -1.37. The number of carbonyl (C=O) groups excluding carboxylic acids is 1. The SMILES string of the molecule is CCOC(=O)CC(O)C(O)c1ccc(Cl)c(F)c1. The van der Waals surface area contributed by atoms with Crippen molar-refractivity contribution in [2.75, 3.05) is 6.61 Å². The number of rotatable bonds is 5. The van der Waals surface area contributed by atoms with Crippen LogP contribution in [0.25, 0.3) is 0 Å². The summed E-state index contributed by atoms with van der Waals surface area (Å²) < 4.78 is 17.8. The average Bonchev–Trinajstić information content (AvgIpc) is 2.32. The zero-order chi connectivity index (χ0) is 13.7. The lowest BCUT2D eigenvalue weighted by Crippen LogP contribution is -2.23. The molecule has 0 amide bonds. The first kappa shape index (κ1) is 14.9. The summed E-state index contributed by atoms with van der Waals surface area (Å²) in [6.45, 7) is 1.83. The lowest BCUT2D eigenvalue weighted by Gasteiger charge is -2.17. The standard InChI is InChI=1S/C12H14ClFO4/c1-2-18-11(16)6-10(15)12(17)7-3-4-8(13)9(14)5-7/h3-5,10,12,15,17H,2,6H2,1H3. The van der Waals surface area contributed by atoms with E-state index in [0.717, 1.165) is 6.07 Å². The molecule has 0 heterocycles. The summed E-state index contributed by atoms with van der Waals surface area (Å²) in [7, 11) is 0. The molecule has 0 bridgehead atoms. The first-order valence-corrected chi connectivity index (χ1v) is 5.80. The Hall–Kier alpha value is -1.17. The van der Waals surface area contributed by atoms with Crippen molar-refractivity contribution >= 4 is 17.6 Å². The van der Waals surface area contributed by atoms with Crippen LogP contribution in [0.4, 0.5) is 4.39 Å². The van der Waals surface area contributed by atoms with Crippen LogP contribution in [-0.4, -0.2) is 28.9 Å². The van der Waals surface area contributed by atoms with Crippen LogP contribution in [0.5, 0.6) is 0 Å². The summed E-state index contributed by atoms with van der Waals surface area (Å²) in [6, 6.07) is 3.67. The van der Waals surface area contributed by atoms with Crippen molar-refractivity contribution in [2.45, 2.75) is 25.6 Å². The lowest BCUT2D eigenvalue weighted by molar-refractivity contribution is -0.147. The number of hydrogen-bond donors (Lipinski definition) is 2. The summed E-state index contributed by atoms with van der Waals surface area (Å²) in [6.07, 6.45) is -3.09. The van der Waals surface area contributed by atoms with Crippen LogP contribution in [0.15, 0.2) is 18.2 Å². The lowest BCUT2D eigenvalue weighted by atomic mass is 10.0. The molecule has 1 aromatic rings. The molecular weight excluding hydrogens is 263 g/mol. The van der Waals surface area contributed by atoms with E-state index in [2.05, 4.69) is 4.74 Å². The van der Waals surface area contributed by atoms with E-state index < -0.39 is 24.0 Å². The summed E-state index contributed by atoms with van der Waals surface area (Å²) in [5.74, 6) is -1.32. The molecule has 2 atom stereocenters. The van der Waals surface area contributed by atoms with Crippen molar-refractivity contribution < 1.29 is 24.1 Å². The van der Waals surface area contributed by atoms with Gasteiger partial charge >= 0.3 is 5.97 Å². The maximum absolute atomic E-state index is 13.2.